The van der Waals surface area contributed by atoms with Gasteiger partial charge in [-0.1, -0.05) is 54.0 Å². The smallest absolute Gasteiger partial charge is 0.123 e. The Kier molecular flexibility index (Phi) is 5.95. The van der Waals surface area contributed by atoms with Gasteiger partial charge in [0.15, 0.2) is 0 Å². The molecule has 0 fully saturated rings. The van der Waals surface area contributed by atoms with E-state index in [-0.39, 0.29) is 5.82 Å². The molecule has 112 valence electrons. The van der Waals surface area contributed by atoms with Gasteiger partial charge >= 0.3 is 0 Å². The Hall–Kier alpha value is -1.19. The second kappa shape index (κ2) is 7.71. The van der Waals surface area contributed by atoms with Crippen LogP contribution in [0.3, 0.4) is 0 Å². The lowest BCUT2D eigenvalue weighted by Crippen LogP contribution is -2.28. The number of halogens is 2. The topological polar surface area (TPSA) is 12.0 Å². The van der Waals surface area contributed by atoms with Gasteiger partial charge in [0.2, 0.25) is 0 Å². The predicted octanol–water partition coefficient (Wildman–Crippen LogP) is 4.91. The molecule has 1 atom stereocenters. The lowest BCUT2D eigenvalue weighted by atomic mass is 9.91. The Morgan fingerprint density at radius 1 is 1.00 bits per heavy atom. The summed E-state index contributed by atoms with van der Waals surface area (Å²) in [6.07, 6.45) is 0.904. The van der Waals surface area contributed by atoms with Crippen molar-refractivity contribution in [3.63, 3.8) is 0 Å². The molecule has 0 aliphatic carbocycles. The average Bonchev–Trinajstić information content (AvgIpc) is 2.46. The number of benzene rings is 2. The Bertz CT molecular complexity index is 548. The molecule has 0 aliphatic rings. The highest BCUT2D eigenvalue weighted by Crippen LogP contribution is 2.23. The van der Waals surface area contributed by atoms with E-state index in [1.807, 2.05) is 12.1 Å². The van der Waals surface area contributed by atoms with Crippen LogP contribution in [0.25, 0.3) is 0 Å². The molecule has 2 aromatic carbocycles. The summed E-state index contributed by atoms with van der Waals surface area (Å²) >= 11 is 3.47. The van der Waals surface area contributed by atoms with E-state index in [0.29, 0.717) is 12.0 Å². The molecule has 1 N–H and O–H groups in total. The third kappa shape index (κ3) is 5.25. The van der Waals surface area contributed by atoms with Crippen molar-refractivity contribution in [2.24, 2.45) is 0 Å². The van der Waals surface area contributed by atoms with Crippen LogP contribution in [0.15, 0.2) is 53.0 Å². The third-order valence-corrected chi connectivity index (χ3v) is 4.04. The summed E-state index contributed by atoms with van der Waals surface area (Å²) < 4.78 is 14.1. The van der Waals surface area contributed by atoms with Gasteiger partial charge in [0.05, 0.1) is 0 Å². The fourth-order valence-corrected chi connectivity index (χ4v) is 2.59. The van der Waals surface area contributed by atoms with Gasteiger partial charge in [-0.25, -0.2) is 4.39 Å². The van der Waals surface area contributed by atoms with Crippen molar-refractivity contribution in [1.29, 1.82) is 0 Å². The maximum absolute atomic E-state index is 13.0. The van der Waals surface area contributed by atoms with E-state index in [0.717, 1.165) is 23.0 Å². The van der Waals surface area contributed by atoms with E-state index < -0.39 is 0 Å². The van der Waals surface area contributed by atoms with E-state index in [4.69, 9.17) is 0 Å². The summed E-state index contributed by atoms with van der Waals surface area (Å²) in [4.78, 5) is 0. The first-order valence-corrected chi connectivity index (χ1v) is 8.07. The highest BCUT2D eigenvalue weighted by atomic mass is 79.9. The van der Waals surface area contributed by atoms with Gasteiger partial charge in [0.1, 0.15) is 5.82 Å². The zero-order chi connectivity index (χ0) is 15.2. The zero-order valence-electron chi connectivity index (χ0n) is 12.4. The van der Waals surface area contributed by atoms with Crippen molar-refractivity contribution in [2.45, 2.75) is 32.2 Å². The minimum atomic E-state index is -0.181. The molecular weight excluding hydrogens is 329 g/mol. The molecule has 0 aromatic heterocycles. The van der Waals surface area contributed by atoms with Gasteiger partial charge in [-0.2, -0.15) is 0 Å². The van der Waals surface area contributed by atoms with Crippen LogP contribution in [-0.2, 0) is 6.42 Å². The minimum absolute atomic E-state index is 0.181. The Morgan fingerprint density at radius 2 is 1.62 bits per heavy atom. The first kappa shape index (κ1) is 16.2. The normalized spacial score (nSPS) is 12.6. The quantitative estimate of drug-likeness (QED) is 0.780. The number of hydrogen-bond donors (Lipinski definition) is 1. The molecule has 0 amide bonds. The Balaban J connectivity index is 2.14. The standard InChI is InChI=1S/C18H21BrFN/c1-13(2)21-12-16(15-5-7-17(19)8-6-15)11-14-3-9-18(20)10-4-14/h3-10,13,16,21H,11-12H2,1-2H3. The molecule has 1 unspecified atom stereocenters. The average molecular weight is 350 g/mol. The lowest BCUT2D eigenvalue weighted by molar-refractivity contribution is 0.526. The van der Waals surface area contributed by atoms with Crippen molar-refractivity contribution >= 4 is 15.9 Å². The van der Waals surface area contributed by atoms with Crippen molar-refractivity contribution in [2.75, 3.05) is 6.54 Å². The van der Waals surface area contributed by atoms with Crippen LogP contribution in [0.5, 0.6) is 0 Å². The molecule has 0 heterocycles. The zero-order valence-corrected chi connectivity index (χ0v) is 14.0. The SMILES string of the molecule is CC(C)NCC(Cc1ccc(F)cc1)c1ccc(Br)cc1. The largest absolute Gasteiger partial charge is 0.314 e. The van der Waals surface area contributed by atoms with Gasteiger partial charge in [-0.3, -0.25) is 0 Å². The van der Waals surface area contributed by atoms with Crippen molar-refractivity contribution in [3.8, 4) is 0 Å². The van der Waals surface area contributed by atoms with Crippen LogP contribution in [0.1, 0.15) is 30.9 Å². The molecule has 3 heteroatoms. The van der Waals surface area contributed by atoms with E-state index in [1.165, 1.54) is 17.7 Å². The first-order chi connectivity index (χ1) is 10.0. The molecule has 0 saturated carbocycles. The van der Waals surface area contributed by atoms with Gasteiger partial charge < -0.3 is 5.32 Å². The highest BCUT2D eigenvalue weighted by Gasteiger charge is 2.13. The molecule has 2 aromatic rings. The molecule has 2 rings (SSSR count). The first-order valence-electron chi connectivity index (χ1n) is 7.28. The Morgan fingerprint density at radius 3 is 2.19 bits per heavy atom. The van der Waals surface area contributed by atoms with Gasteiger partial charge in [-0.05, 0) is 41.8 Å². The monoisotopic (exact) mass is 349 g/mol. The van der Waals surface area contributed by atoms with Gasteiger partial charge in [-0.15, -0.1) is 0 Å². The van der Waals surface area contributed by atoms with Crippen LogP contribution in [0.2, 0.25) is 0 Å². The number of hydrogen-bond acceptors (Lipinski definition) is 1. The summed E-state index contributed by atoms with van der Waals surface area (Å²) in [5.74, 6) is 0.199. The second-order valence-electron chi connectivity index (χ2n) is 5.64. The van der Waals surface area contributed by atoms with Gasteiger partial charge in [0.25, 0.3) is 0 Å². The van der Waals surface area contributed by atoms with Crippen molar-refractivity contribution in [1.82, 2.24) is 5.32 Å². The molecule has 0 spiro atoms. The maximum Gasteiger partial charge on any atom is 0.123 e. The molecule has 0 aliphatic heterocycles. The van der Waals surface area contributed by atoms with E-state index in [1.54, 1.807) is 0 Å². The summed E-state index contributed by atoms with van der Waals surface area (Å²) in [6, 6.07) is 15.7. The fraction of sp³-hybridized carbons (Fsp3) is 0.333. The lowest BCUT2D eigenvalue weighted by Gasteiger charge is -2.20. The molecule has 0 bridgehead atoms. The second-order valence-corrected chi connectivity index (χ2v) is 6.56. The van der Waals surface area contributed by atoms with Crippen LogP contribution in [0, 0.1) is 5.82 Å². The Labute approximate surface area is 134 Å². The van der Waals surface area contributed by atoms with Gasteiger partial charge in [0, 0.05) is 23.0 Å². The fourth-order valence-electron chi connectivity index (χ4n) is 2.33. The van der Waals surface area contributed by atoms with E-state index in [9.17, 15) is 4.39 Å². The van der Waals surface area contributed by atoms with Crippen LogP contribution in [0.4, 0.5) is 4.39 Å². The molecule has 1 nitrogen and oxygen atoms in total. The number of nitrogens with one attached hydrogen (secondary N) is 1. The van der Waals surface area contributed by atoms with Crippen molar-refractivity contribution in [3.05, 3.63) is 69.9 Å². The van der Waals surface area contributed by atoms with Crippen LogP contribution in [-0.4, -0.2) is 12.6 Å². The highest BCUT2D eigenvalue weighted by molar-refractivity contribution is 9.10. The summed E-state index contributed by atoms with van der Waals surface area (Å²) in [5.41, 5.74) is 2.46. The molecular formula is C18H21BrFN. The summed E-state index contributed by atoms with van der Waals surface area (Å²) in [7, 11) is 0. The molecule has 0 radical (unpaired) electrons. The van der Waals surface area contributed by atoms with E-state index in [2.05, 4.69) is 59.4 Å². The van der Waals surface area contributed by atoms with E-state index >= 15 is 0 Å². The van der Waals surface area contributed by atoms with Crippen LogP contribution >= 0.6 is 15.9 Å². The van der Waals surface area contributed by atoms with Crippen molar-refractivity contribution < 1.29 is 4.39 Å². The molecule has 0 saturated heterocycles. The third-order valence-electron chi connectivity index (χ3n) is 3.51. The summed E-state index contributed by atoms with van der Waals surface area (Å²) in [5, 5.41) is 3.50. The maximum atomic E-state index is 13.0. The van der Waals surface area contributed by atoms with Crippen LogP contribution < -0.4 is 5.32 Å². The minimum Gasteiger partial charge on any atom is -0.314 e. The predicted molar refractivity (Wildman–Crippen MR) is 90.1 cm³/mol. The number of rotatable bonds is 6. The summed E-state index contributed by atoms with van der Waals surface area (Å²) in [6.45, 7) is 5.21. The molecule has 21 heavy (non-hydrogen) atoms.